The summed E-state index contributed by atoms with van der Waals surface area (Å²) in [6.45, 7) is 3.62. The van der Waals surface area contributed by atoms with Crippen LogP contribution in [0.3, 0.4) is 0 Å². The van der Waals surface area contributed by atoms with Crippen LogP contribution < -0.4 is 0 Å². The summed E-state index contributed by atoms with van der Waals surface area (Å²) >= 11 is 11.7. The number of hydrogen-bond acceptors (Lipinski definition) is 1. The molecule has 3 aliphatic carbocycles. The summed E-state index contributed by atoms with van der Waals surface area (Å²) in [5, 5.41) is 15.8. The van der Waals surface area contributed by atoms with Crippen LogP contribution in [0.1, 0.15) is 38.9 Å². The Bertz CT molecular complexity index is 1960. The Balaban J connectivity index is 0.000000106. The maximum absolute atomic E-state index is 9.62. The van der Waals surface area contributed by atoms with Crippen LogP contribution in [0.15, 0.2) is 122 Å². The van der Waals surface area contributed by atoms with Crippen molar-refractivity contribution in [1.82, 2.24) is 0 Å². The molecule has 0 aliphatic heterocycles. The minimum absolute atomic E-state index is 0.365. The molecular weight excluding hydrogens is 579 g/mol. The minimum Gasteiger partial charge on any atom is -0.507 e. The molecule has 0 bridgehead atoms. The molecule has 0 heterocycles. The van der Waals surface area contributed by atoms with Crippen molar-refractivity contribution in [3.8, 4) is 5.75 Å². The lowest BCUT2D eigenvalue weighted by atomic mass is 10.0. The average Bonchev–Trinajstić information content (AvgIpc) is 3.82. The first-order valence-corrected chi connectivity index (χ1v) is 15.2. The number of rotatable bonds is 1. The maximum Gasteiger partial charge on any atom is 0.123 e. The summed E-state index contributed by atoms with van der Waals surface area (Å²) in [6, 6.07) is 36.0. The normalized spacial score (nSPS) is 12.1. The van der Waals surface area contributed by atoms with E-state index in [2.05, 4.69) is 91.6 Å². The number of phenols is 1. The molecule has 3 aliphatic rings. The molecule has 0 spiro atoms. The van der Waals surface area contributed by atoms with E-state index in [1.165, 1.54) is 44.2 Å². The standard InChI is InChI=1S/C12H7Cl.C12H8O.C9H8.C8H7Cl/c2*13-11-7-6-9-5-4-8-2-1-3-10(11)12(8)9;1-2-5-9-7-3-6-8(9)4-1;1-2-7-3-5-8(9)6-4-7/h1-7H;1-7,13H;1-6H,7H2;2-6H,1H2. The Hall–Kier alpha value is -4.82. The van der Waals surface area contributed by atoms with Crippen LogP contribution >= 0.6 is 23.2 Å². The molecule has 0 aromatic heterocycles. The highest BCUT2D eigenvalue weighted by Crippen LogP contribution is 2.36. The summed E-state index contributed by atoms with van der Waals surface area (Å²) in [6.07, 6.45) is 15.7. The number of hydrogen-bond donors (Lipinski definition) is 1. The zero-order chi connectivity index (χ0) is 30.5. The molecule has 44 heavy (non-hydrogen) atoms. The van der Waals surface area contributed by atoms with E-state index >= 15 is 0 Å². The van der Waals surface area contributed by atoms with E-state index in [0.717, 1.165) is 32.8 Å². The van der Waals surface area contributed by atoms with Crippen LogP contribution in [0.25, 0.3) is 58.0 Å². The van der Waals surface area contributed by atoms with Gasteiger partial charge in [-0.05, 0) is 80.4 Å². The third kappa shape index (κ3) is 6.26. The van der Waals surface area contributed by atoms with E-state index in [-0.39, 0.29) is 0 Å². The summed E-state index contributed by atoms with van der Waals surface area (Å²) in [7, 11) is 0. The second-order valence-electron chi connectivity index (χ2n) is 10.6. The van der Waals surface area contributed by atoms with Gasteiger partial charge in [0.2, 0.25) is 0 Å². The second kappa shape index (κ2) is 13.2. The van der Waals surface area contributed by atoms with E-state index in [4.69, 9.17) is 23.2 Å². The van der Waals surface area contributed by atoms with E-state index in [1.54, 1.807) is 12.1 Å². The molecule has 6 aromatic carbocycles. The van der Waals surface area contributed by atoms with Gasteiger partial charge in [0.1, 0.15) is 5.75 Å². The van der Waals surface area contributed by atoms with E-state index in [9.17, 15) is 5.11 Å². The predicted molar refractivity (Wildman–Crippen MR) is 193 cm³/mol. The van der Waals surface area contributed by atoms with Crippen molar-refractivity contribution >= 4 is 81.2 Å². The highest BCUT2D eigenvalue weighted by Gasteiger charge is 2.11. The molecule has 0 fully saturated rings. The van der Waals surface area contributed by atoms with Crippen LogP contribution in [-0.4, -0.2) is 5.11 Å². The lowest BCUT2D eigenvalue weighted by Crippen LogP contribution is -1.78. The van der Waals surface area contributed by atoms with Crippen LogP contribution in [0.5, 0.6) is 5.75 Å². The fourth-order valence-electron chi connectivity index (χ4n) is 5.58. The lowest BCUT2D eigenvalue weighted by molar-refractivity contribution is 0.481. The van der Waals surface area contributed by atoms with Crippen molar-refractivity contribution in [3.63, 3.8) is 0 Å². The molecule has 0 unspecified atom stereocenters. The number of benzene rings is 6. The van der Waals surface area contributed by atoms with Gasteiger partial charge in [0.25, 0.3) is 0 Å². The lowest BCUT2D eigenvalue weighted by Gasteiger charge is -2.03. The summed E-state index contributed by atoms with van der Waals surface area (Å²) in [5.74, 6) is 0.365. The quantitative estimate of drug-likeness (QED) is 0.196. The third-order valence-electron chi connectivity index (χ3n) is 7.81. The Labute approximate surface area is 268 Å². The van der Waals surface area contributed by atoms with Gasteiger partial charge in [-0.15, -0.1) is 0 Å². The minimum atomic E-state index is 0.365. The Morgan fingerprint density at radius 1 is 0.545 bits per heavy atom. The van der Waals surface area contributed by atoms with Gasteiger partial charge in [-0.1, -0.05) is 157 Å². The first-order valence-electron chi connectivity index (χ1n) is 14.5. The molecule has 9 rings (SSSR count). The first-order chi connectivity index (χ1) is 21.5. The molecule has 0 saturated heterocycles. The second-order valence-corrected chi connectivity index (χ2v) is 11.4. The third-order valence-corrected chi connectivity index (χ3v) is 8.40. The highest BCUT2D eigenvalue weighted by atomic mass is 35.5. The van der Waals surface area contributed by atoms with Crippen LogP contribution in [0.4, 0.5) is 0 Å². The van der Waals surface area contributed by atoms with E-state index in [1.807, 2.05) is 54.6 Å². The number of halogens is 2. The molecule has 6 aromatic rings. The van der Waals surface area contributed by atoms with Gasteiger partial charge in [0.15, 0.2) is 0 Å². The molecule has 0 amide bonds. The van der Waals surface area contributed by atoms with Gasteiger partial charge in [-0.3, -0.25) is 0 Å². The molecule has 214 valence electrons. The first kappa shape index (κ1) is 29.3. The Morgan fingerprint density at radius 2 is 1.11 bits per heavy atom. The zero-order valence-corrected chi connectivity index (χ0v) is 25.6. The number of fused-ring (bicyclic) bond motifs is 1. The monoisotopic (exact) mass is 608 g/mol. The SMILES string of the molecule is C1=Cc2ccccc2C1.C=Cc1ccc(Cl)cc1.Clc1ccc2c3c(cccc13)C=C2.Oc1ccc2c3c(cccc13)C=C2. The van der Waals surface area contributed by atoms with Crippen molar-refractivity contribution < 1.29 is 5.11 Å². The van der Waals surface area contributed by atoms with Gasteiger partial charge in [0, 0.05) is 20.8 Å². The molecule has 0 saturated carbocycles. The summed E-state index contributed by atoms with van der Waals surface area (Å²) in [5.41, 5.74) is 8.88. The van der Waals surface area contributed by atoms with Crippen molar-refractivity contribution in [2.45, 2.75) is 6.42 Å². The predicted octanol–water partition coefficient (Wildman–Crippen LogP) is 12.2. The van der Waals surface area contributed by atoms with Crippen LogP contribution in [0, 0.1) is 0 Å². The molecule has 1 N–H and O–H groups in total. The van der Waals surface area contributed by atoms with Crippen molar-refractivity contribution in [1.29, 1.82) is 0 Å². The fraction of sp³-hybridized carbons (Fsp3) is 0.0244. The molecule has 0 radical (unpaired) electrons. The van der Waals surface area contributed by atoms with Gasteiger partial charge >= 0.3 is 0 Å². The van der Waals surface area contributed by atoms with E-state index < -0.39 is 0 Å². The smallest absolute Gasteiger partial charge is 0.123 e. The topological polar surface area (TPSA) is 20.2 Å². The van der Waals surface area contributed by atoms with Crippen molar-refractivity contribution in [2.75, 3.05) is 0 Å². The number of allylic oxidation sites excluding steroid dienone is 1. The Kier molecular flexibility index (Phi) is 8.79. The van der Waals surface area contributed by atoms with Crippen molar-refractivity contribution in [3.05, 3.63) is 171 Å². The van der Waals surface area contributed by atoms with Gasteiger partial charge in [-0.2, -0.15) is 0 Å². The van der Waals surface area contributed by atoms with Crippen LogP contribution in [-0.2, 0) is 6.42 Å². The van der Waals surface area contributed by atoms with E-state index in [0.29, 0.717) is 5.75 Å². The summed E-state index contributed by atoms with van der Waals surface area (Å²) in [4.78, 5) is 0. The zero-order valence-electron chi connectivity index (χ0n) is 24.1. The number of aromatic hydroxyl groups is 1. The van der Waals surface area contributed by atoms with Gasteiger partial charge in [0.05, 0.1) is 0 Å². The summed E-state index contributed by atoms with van der Waals surface area (Å²) < 4.78 is 0. The highest BCUT2D eigenvalue weighted by molar-refractivity contribution is 6.36. The molecular formula is C41H30Cl2O. The van der Waals surface area contributed by atoms with Gasteiger partial charge in [-0.25, -0.2) is 0 Å². The molecule has 0 atom stereocenters. The Morgan fingerprint density at radius 3 is 1.77 bits per heavy atom. The van der Waals surface area contributed by atoms with Gasteiger partial charge < -0.3 is 5.11 Å². The molecule has 3 heteroatoms. The molecule has 1 nitrogen and oxygen atoms in total. The largest absolute Gasteiger partial charge is 0.507 e. The average molecular weight is 610 g/mol. The van der Waals surface area contributed by atoms with Crippen LogP contribution in [0.2, 0.25) is 10.0 Å². The fourth-order valence-corrected chi connectivity index (χ4v) is 5.93. The maximum atomic E-state index is 9.62. The van der Waals surface area contributed by atoms with Crippen molar-refractivity contribution in [2.24, 2.45) is 0 Å². The number of phenolic OH excluding ortho intramolecular Hbond substituents is 1.